The van der Waals surface area contributed by atoms with Crippen molar-refractivity contribution in [3.05, 3.63) is 65.2 Å². The van der Waals surface area contributed by atoms with E-state index in [1.54, 1.807) is 7.11 Å². The molecule has 0 aromatic heterocycles. The summed E-state index contributed by atoms with van der Waals surface area (Å²) in [5, 5.41) is 2.76. The molecule has 140 valence electrons. The molecule has 0 heterocycles. The van der Waals surface area contributed by atoms with Crippen LogP contribution < -0.4 is 10.0 Å². The van der Waals surface area contributed by atoms with Gasteiger partial charge in [0.05, 0.1) is 4.90 Å². The number of hydrogen-bond donors (Lipinski definition) is 2. The van der Waals surface area contributed by atoms with E-state index in [2.05, 4.69) is 10.0 Å². The molecule has 0 spiro atoms. The molecule has 0 unspecified atom stereocenters. The molecule has 6 nitrogen and oxygen atoms in total. The zero-order valence-electron chi connectivity index (χ0n) is 15.0. The highest BCUT2D eigenvalue weighted by atomic mass is 32.2. The zero-order valence-corrected chi connectivity index (χ0v) is 15.8. The molecule has 0 atom stereocenters. The van der Waals surface area contributed by atoms with Gasteiger partial charge in [0.2, 0.25) is 10.0 Å². The number of rotatable bonds is 9. The molecule has 0 radical (unpaired) electrons. The third kappa shape index (κ3) is 5.94. The lowest BCUT2D eigenvalue weighted by Crippen LogP contribution is -2.26. The minimum Gasteiger partial charge on any atom is -0.385 e. The molecule has 0 saturated carbocycles. The van der Waals surface area contributed by atoms with Crippen molar-refractivity contribution < 1.29 is 17.9 Å². The number of methoxy groups -OCH3 is 1. The van der Waals surface area contributed by atoms with Gasteiger partial charge in [0, 0.05) is 32.4 Å². The number of benzene rings is 2. The Morgan fingerprint density at radius 3 is 2.31 bits per heavy atom. The van der Waals surface area contributed by atoms with Crippen LogP contribution in [0.25, 0.3) is 0 Å². The van der Waals surface area contributed by atoms with Crippen LogP contribution in [0.5, 0.6) is 0 Å². The molecule has 2 rings (SSSR count). The van der Waals surface area contributed by atoms with Crippen molar-refractivity contribution in [3.8, 4) is 0 Å². The fourth-order valence-electron chi connectivity index (χ4n) is 2.27. The molecule has 7 heteroatoms. The van der Waals surface area contributed by atoms with Crippen LogP contribution in [0.3, 0.4) is 0 Å². The molecule has 2 N–H and O–H groups in total. The number of sulfonamides is 1. The van der Waals surface area contributed by atoms with Crippen molar-refractivity contribution in [2.24, 2.45) is 0 Å². The fourth-order valence-corrected chi connectivity index (χ4v) is 3.29. The quantitative estimate of drug-likeness (QED) is 0.658. The maximum absolute atomic E-state index is 12.4. The second-order valence-electron chi connectivity index (χ2n) is 5.94. The van der Waals surface area contributed by atoms with E-state index in [0.717, 1.165) is 17.5 Å². The first kappa shape index (κ1) is 20.1. The summed E-state index contributed by atoms with van der Waals surface area (Å²) in [4.78, 5) is 12.1. The topological polar surface area (TPSA) is 84.5 Å². The van der Waals surface area contributed by atoms with E-state index < -0.39 is 10.0 Å². The average molecular weight is 376 g/mol. The molecule has 0 bridgehead atoms. The molecule has 0 aliphatic heterocycles. The summed E-state index contributed by atoms with van der Waals surface area (Å²) in [5.41, 5.74) is 2.42. The molecular formula is C19H24N2O4S. The molecule has 0 saturated heterocycles. The summed E-state index contributed by atoms with van der Waals surface area (Å²) in [6.07, 6.45) is 0.720. The van der Waals surface area contributed by atoms with Crippen LogP contribution in [0.1, 0.15) is 27.9 Å². The van der Waals surface area contributed by atoms with E-state index in [4.69, 9.17) is 4.74 Å². The fraction of sp³-hybridized carbons (Fsp3) is 0.316. The molecule has 2 aromatic rings. The van der Waals surface area contributed by atoms with Crippen molar-refractivity contribution in [2.45, 2.75) is 24.8 Å². The van der Waals surface area contributed by atoms with Gasteiger partial charge in [-0.2, -0.15) is 0 Å². The van der Waals surface area contributed by atoms with E-state index >= 15 is 0 Å². The Bertz CT molecular complexity index is 816. The second-order valence-corrected chi connectivity index (χ2v) is 7.70. The predicted molar refractivity (Wildman–Crippen MR) is 100 cm³/mol. The summed E-state index contributed by atoms with van der Waals surface area (Å²) in [7, 11) is -2.03. The highest BCUT2D eigenvalue weighted by molar-refractivity contribution is 7.89. The van der Waals surface area contributed by atoms with Crippen LogP contribution in [-0.2, 0) is 21.3 Å². The lowest BCUT2D eigenvalue weighted by atomic mass is 10.2. The summed E-state index contributed by atoms with van der Waals surface area (Å²) >= 11 is 0. The summed E-state index contributed by atoms with van der Waals surface area (Å²) in [6.45, 7) is 3.27. The number of carbonyl (C=O) groups is 1. The Morgan fingerprint density at radius 1 is 1.04 bits per heavy atom. The molecule has 0 aliphatic carbocycles. The third-order valence-corrected chi connectivity index (χ3v) is 5.24. The minimum atomic E-state index is -3.63. The van der Waals surface area contributed by atoms with E-state index in [9.17, 15) is 13.2 Å². The average Bonchev–Trinajstić information content (AvgIpc) is 2.65. The van der Waals surface area contributed by atoms with Crippen LogP contribution in [-0.4, -0.2) is 34.6 Å². The van der Waals surface area contributed by atoms with Crippen molar-refractivity contribution in [3.63, 3.8) is 0 Å². The molecule has 0 fully saturated rings. The van der Waals surface area contributed by atoms with E-state index in [0.29, 0.717) is 18.7 Å². The molecule has 1 amide bonds. The smallest absolute Gasteiger partial charge is 0.251 e. The van der Waals surface area contributed by atoms with E-state index in [1.807, 2.05) is 31.2 Å². The van der Waals surface area contributed by atoms with Crippen molar-refractivity contribution in [2.75, 3.05) is 20.3 Å². The largest absolute Gasteiger partial charge is 0.385 e. The second kappa shape index (κ2) is 9.47. The van der Waals surface area contributed by atoms with Gasteiger partial charge in [-0.25, -0.2) is 13.1 Å². The third-order valence-electron chi connectivity index (χ3n) is 3.82. The number of aryl methyl sites for hydroxylation is 1. The summed E-state index contributed by atoms with van der Waals surface area (Å²) in [5.74, 6) is -0.238. The Hall–Kier alpha value is -2.22. The Balaban J connectivity index is 1.95. The number of nitrogens with one attached hydrogen (secondary N) is 2. The molecule has 2 aromatic carbocycles. The highest BCUT2D eigenvalue weighted by Gasteiger charge is 2.14. The molecule has 0 aliphatic rings. The van der Waals surface area contributed by atoms with Gasteiger partial charge in [-0.3, -0.25) is 4.79 Å². The van der Waals surface area contributed by atoms with Crippen LogP contribution in [0.2, 0.25) is 0 Å². The predicted octanol–water partition coefficient (Wildman–Crippen LogP) is 2.24. The standard InChI is InChI=1S/C19H24N2O4S/c1-15-4-6-16(7-5-15)14-21-26(23,24)18-10-8-17(9-11-18)19(22)20-12-3-13-25-2/h4-11,21H,3,12-14H2,1-2H3,(H,20,22). The van der Waals surface area contributed by atoms with Gasteiger partial charge in [-0.05, 0) is 43.2 Å². The van der Waals surface area contributed by atoms with Crippen LogP contribution in [0.4, 0.5) is 0 Å². The number of carbonyl (C=O) groups excluding carboxylic acids is 1. The lowest BCUT2D eigenvalue weighted by molar-refractivity contribution is 0.0948. The summed E-state index contributed by atoms with van der Waals surface area (Å²) < 4.78 is 32.2. The Morgan fingerprint density at radius 2 is 1.69 bits per heavy atom. The first-order valence-corrected chi connectivity index (χ1v) is 9.83. The lowest BCUT2D eigenvalue weighted by Gasteiger charge is -2.09. The van der Waals surface area contributed by atoms with E-state index in [1.165, 1.54) is 24.3 Å². The van der Waals surface area contributed by atoms with Crippen LogP contribution in [0, 0.1) is 6.92 Å². The van der Waals surface area contributed by atoms with Crippen molar-refractivity contribution in [1.29, 1.82) is 0 Å². The van der Waals surface area contributed by atoms with Gasteiger partial charge in [0.15, 0.2) is 0 Å². The Kier molecular flexibility index (Phi) is 7.32. The maximum Gasteiger partial charge on any atom is 0.251 e. The van der Waals surface area contributed by atoms with Gasteiger partial charge in [0.25, 0.3) is 5.91 Å². The number of ether oxygens (including phenoxy) is 1. The monoisotopic (exact) mass is 376 g/mol. The van der Waals surface area contributed by atoms with Gasteiger partial charge < -0.3 is 10.1 Å². The first-order chi connectivity index (χ1) is 12.4. The number of hydrogen-bond acceptors (Lipinski definition) is 4. The van der Waals surface area contributed by atoms with Gasteiger partial charge in [0.1, 0.15) is 0 Å². The summed E-state index contributed by atoms with van der Waals surface area (Å²) in [6, 6.07) is 13.5. The maximum atomic E-state index is 12.4. The highest BCUT2D eigenvalue weighted by Crippen LogP contribution is 2.12. The van der Waals surface area contributed by atoms with Crippen molar-refractivity contribution >= 4 is 15.9 Å². The Labute approximate surface area is 154 Å². The normalized spacial score (nSPS) is 11.3. The zero-order chi connectivity index (χ0) is 19.0. The molecule has 26 heavy (non-hydrogen) atoms. The van der Waals surface area contributed by atoms with Gasteiger partial charge in [-0.15, -0.1) is 0 Å². The minimum absolute atomic E-state index is 0.126. The molecular weight excluding hydrogens is 352 g/mol. The SMILES string of the molecule is COCCCNC(=O)c1ccc(S(=O)(=O)NCc2ccc(C)cc2)cc1. The first-order valence-electron chi connectivity index (χ1n) is 8.35. The van der Waals surface area contributed by atoms with Crippen molar-refractivity contribution in [1.82, 2.24) is 10.0 Å². The van der Waals surface area contributed by atoms with Gasteiger partial charge >= 0.3 is 0 Å². The van der Waals surface area contributed by atoms with E-state index in [-0.39, 0.29) is 17.3 Å². The van der Waals surface area contributed by atoms with Crippen LogP contribution >= 0.6 is 0 Å². The van der Waals surface area contributed by atoms with Gasteiger partial charge in [-0.1, -0.05) is 29.8 Å². The van der Waals surface area contributed by atoms with Crippen LogP contribution in [0.15, 0.2) is 53.4 Å². The number of amides is 1.